The van der Waals surface area contributed by atoms with Crippen molar-refractivity contribution >= 4 is 22.9 Å². The molecule has 0 N–H and O–H groups in total. The zero-order chi connectivity index (χ0) is 17.1. The normalized spacial score (nSPS) is 15.2. The molecule has 128 valence electrons. The monoisotopic (exact) mass is 344 g/mol. The lowest BCUT2D eigenvalue weighted by Crippen LogP contribution is -2.37. The molecular weight excluding hydrogens is 320 g/mol. The molecule has 0 fully saturated rings. The molecular formula is C19H24N2O2S. The molecule has 1 aliphatic rings. The quantitative estimate of drug-likeness (QED) is 0.821. The number of carbonyl (C=O) groups is 1. The Labute approximate surface area is 147 Å². The maximum Gasteiger partial charge on any atom is 0.233 e. The van der Waals surface area contributed by atoms with Crippen LogP contribution >= 0.6 is 11.3 Å². The van der Waals surface area contributed by atoms with Gasteiger partial charge in [-0.05, 0) is 44.7 Å². The maximum atomic E-state index is 12.8. The third kappa shape index (κ3) is 3.52. The van der Waals surface area contributed by atoms with Crippen molar-refractivity contribution < 1.29 is 9.53 Å². The van der Waals surface area contributed by atoms with Gasteiger partial charge >= 0.3 is 0 Å². The van der Waals surface area contributed by atoms with Gasteiger partial charge in [-0.15, -0.1) is 11.3 Å². The van der Waals surface area contributed by atoms with Crippen molar-refractivity contribution in [3.63, 3.8) is 0 Å². The molecule has 2 aromatic rings. The Morgan fingerprint density at radius 1 is 1.46 bits per heavy atom. The minimum atomic E-state index is -0.0122. The van der Waals surface area contributed by atoms with Gasteiger partial charge < -0.3 is 9.64 Å². The topological polar surface area (TPSA) is 42.4 Å². The number of anilines is 1. The minimum Gasteiger partial charge on any atom is -0.372 e. The fourth-order valence-corrected chi connectivity index (χ4v) is 4.08. The maximum absolute atomic E-state index is 12.8. The highest BCUT2D eigenvalue weighted by Crippen LogP contribution is 2.31. The Morgan fingerprint density at radius 2 is 2.29 bits per heavy atom. The summed E-state index contributed by atoms with van der Waals surface area (Å²) >= 11 is 1.57. The van der Waals surface area contributed by atoms with Crippen LogP contribution in [0.3, 0.4) is 0 Å². The Morgan fingerprint density at radius 3 is 3.08 bits per heavy atom. The first kappa shape index (κ1) is 17.1. The predicted octanol–water partition coefficient (Wildman–Crippen LogP) is 4.07. The smallest absolute Gasteiger partial charge is 0.233 e. The number of fused-ring (bicyclic) bond motifs is 1. The second kappa shape index (κ2) is 7.45. The van der Waals surface area contributed by atoms with E-state index in [9.17, 15) is 4.79 Å². The van der Waals surface area contributed by atoms with Gasteiger partial charge in [0, 0.05) is 24.2 Å². The van der Waals surface area contributed by atoms with Gasteiger partial charge in [0.05, 0.1) is 12.1 Å². The van der Waals surface area contributed by atoms with Crippen LogP contribution in [0.1, 0.15) is 48.2 Å². The number of para-hydroxylation sites is 1. The fourth-order valence-electron chi connectivity index (χ4n) is 3.26. The first-order valence-electron chi connectivity index (χ1n) is 8.55. The van der Waals surface area contributed by atoms with Crippen LogP contribution in [0.4, 0.5) is 5.69 Å². The number of carbonyl (C=O) groups excluding carboxylic acids is 1. The van der Waals surface area contributed by atoms with Gasteiger partial charge in [0.1, 0.15) is 11.1 Å². The van der Waals surface area contributed by atoms with Crippen LogP contribution in [0.15, 0.2) is 23.6 Å². The number of aromatic nitrogens is 1. The van der Waals surface area contributed by atoms with Crippen molar-refractivity contribution in [2.75, 3.05) is 18.1 Å². The number of benzene rings is 1. The van der Waals surface area contributed by atoms with E-state index in [4.69, 9.17) is 4.74 Å². The summed E-state index contributed by atoms with van der Waals surface area (Å²) in [6.45, 7) is 7.51. The van der Waals surface area contributed by atoms with E-state index >= 15 is 0 Å². The van der Waals surface area contributed by atoms with Gasteiger partial charge in [-0.3, -0.25) is 4.79 Å². The molecule has 1 atom stereocenters. The number of amides is 1. The minimum absolute atomic E-state index is 0.0122. The molecule has 4 nitrogen and oxygen atoms in total. The highest BCUT2D eigenvalue weighted by atomic mass is 32.1. The van der Waals surface area contributed by atoms with E-state index in [2.05, 4.69) is 30.1 Å². The summed E-state index contributed by atoms with van der Waals surface area (Å²) < 4.78 is 5.58. The first-order chi connectivity index (χ1) is 11.6. The SMILES string of the molecule is CCO[C@H](C)c1nc(CC(=O)N2CCCc3cccc(C)c32)cs1. The molecule has 3 rings (SSSR count). The summed E-state index contributed by atoms with van der Waals surface area (Å²) in [5.74, 6) is 0.131. The Hall–Kier alpha value is -1.72. The lowest BCUT2D eigenvalue weighted by atomic mass is 9.98. The van der Waals surface area contributed by atoms with Crippen LogP contribution in [0.25, 0.3) is 0 Å². The van der Waals surface area contributed by atoms with E-state index in [1.807, 2.05) is 24.1 Å². The van der Waals surface area contributed by atoms with Crippen molar-refractivity contribution in [2.45, 2.75) is 46.1 Å². The molecule has 24 heavy (non-hydrogen) atoms. The van der Waals surface area contributed by atoms with Crippen LogP contribution in [-0.4, -0.2) is 24.0 Å². The molecule has 0 bridgehead atoms. The van der Waals surface area contributed by atoms with Gasteiger partial charge in [0.25, 0.3) is 0 Å². The van der Waals surface area contributed by atoms with Gasteiger partial charge in [-0.1, -0.05) is 18.2 Å². The Bertz CT molecular complexity index is 726. The van der Waals surface area contributed by atoms with Crippen LogP contribution in [0.2, 0.25) is 0 Å². The van der Waals surface area contributed by atoms with Gasteiger partial charge in [-0.2, -0.15) is 0 Å². The molecule has 0 spiro atoms. The average molecular weight is 344 g/mol. The van der Waals surface area contributed by atoms with Gasteiger partial charge in [0.15, 0.2) is 0 Å². The lowest BCUT2D eigenvalue weighted by molar-refractivity contribution is -0.118. The number of thiazole rings is 1. The van der Waals surface area contributed by atoms with Crippen molar-refractivity contribution in [3.05, 3.63) is 45.4 Å². The predicted molar refractivity (Wildman–Crippen MR) is 97.7 cm³/mol. The van der Waals surface area contributed by atoms with Gasteiger partial charge in [-0.25, -0.2) is 4.98 Å². The molecule has 0 unspecified atom stereocenters. The molecule has 1 aromatic heterocycles. The summed E-state index contributed by atoms with van der Waals surface area (Å²) in [5, 5.41) is 2.92. The molecule has 2 heterocycles. The Kier molecular flexibility index (Phi) is 5.31. The van der Waals surface area contributed by atoms with Crippen LogP contribution in [0.5, 0.6) is 0 Å². The molecule has 0 saturated heterocycles. The standard InChI is InChI=1S/C19H24N2O2S/c1-4-23-14(3)19-20-16(12-24-19)11-17(22)21-10-6-9-15-8-5-7-13(2)18(15)21/h5,7-8,12,14H,4,6,9-11H2,1-3H3/t14-/m1/s1. The summed E-state index contributed by atoms with van der Waals surface area (Å²) in [7, 11) is 0. The highest BCUT2D eigenvalue weighted by Gasteiger charge is 2.24. The van der Waals surface area contributed by atoms with Crippen molar-refractivity contribution in [1.82, 2.24) is 4.98 Å². The first-order valence-corrected chi connectivity index (χ1v) is 9.43. The van der Waals surface area contributed by atoms with E-state index in [0.717, 1.165) is 35.8 Å². The highest BCUT2D eigenvalue weighted by molar-refractivity contribution is 7.09. The number of nitrogens with zero attached hydrogens (tertiary/aromatic N) is 2. The third-order valence-electron chi connectivity index (χ3n) is 4.39. The van der Waals surface area contributed by atoms with Crippen molar-refractivity contribution in [2.24, 2.45) is 0 Å². The molecule has 0 radical (unpaired) electrons. The van der Waals surface area contributed by atoms with Crippen LogP contribution in [0, 0.1) is 6.92 Å². The molecule has 1 amide bonds. The lowest BCUT2D eigenvalue weighted by Gasteiger charge is -2.31. The molecule has 1 aromatic carbocycles. The fraction of sp³-hybridized carbons (Fsp3) is 0.474. The number of aryl methyl sites for hydroxylation is 2. The van der Waals surface area contributed by atoms with E-state index in [1.54, 1.807) is 11.3 Å². The van der Waals surface area contributed by atoms with E-state index in [0.29, 0.717) is 13.0 Å². The molecule has 0 aliphatic carbocycles. The summed E-state index contributed by atoms with van der Waals surface area (Å²) in [5.41, 5.74) is 4.39. The zero-order valence-corrected chi connectivity index (χ0v) is 15.4. The number of ether oxygens (including phenoxy) is 1. The van der Waals surface area contributed by atoms with Crippen molar-refractivity contribution in [1.29, 1.82) is 0 Å². The summed E-state index contributed by atoms with van der Waals surface area (Å²) in [6.07, 6.45) is 2.41. The number of hydrogen-bond acceptors (Lipinski definition) is 4. The third-order valence-corrected chi connectivity index (χ3v) is 5.44. The molecule has 0 saturated carbocycles. The number of hydrogen-bond donors (Lipinski definition) is 0. The van der Waals surface area contributed by atoms with E-state index < -0.39 is 0 Å². The summed E-state index contributed by atoms with van der Waals surface area (Å²) in [6, 6.07) is 6.28. The summed E-state index contributed by atoms with van der Waals surface area (Å²) in [4.78, 5) is 19.4. The Balaban J connectivity index is 1.75. The van der Waals surface area contributed by atoms with E-state index in [1.165, 1.54) is 11.1 Å². The average Bonchev–Trinajstić information content (AvgIpc) is 3.03. The second-order valence-corrected chi connectivity index (χ2v) is 7.07. The van der Waals surface area contributed by atoms with Gasteiger partial charge in [0.2, 0.25) is 5.91 Å². The zero-order valence-electron chi connectivity index (χ0n) is 14.5. The van der Waals surface area contributed by atoms with Crippen LogP contribution < -0.4 is 4.90 Å². The molecule has 5 heteroatoms. The van der Waals surface area contributed by atoms with Crippen LogP contribution in [-0.2, 0) is 22.4 Å². The largest absolute Gasteiger partial charge is 0.372 e. The number of rotatable bonds is 5. The van der Waals surface area contributed by atoms with E-state index in [-0.39, 0.29) is 12.0 Å². The molecule has 1 aliphatic heterocycles. The van der Waals surface area contributed by atoms with Crippen molar-refractivity contribution in [3.8, 4) is 0 Å². The second-order valence-electron chi connectivity index (χ2n) is 6.18.